The molecule has 0 atom stereocenters. The quantitative estimate of drug-likeness (QED) is 0.618. The van der Waals surface area contributed by atoms with Crippen molar-refractivity contribution in [2.45, 2.75) is 13.8 Å². The van der Waals surface area contributed by atoms with Crippen LogP contribution in [-0.2, 0) is 23.6 Å². The van der Waals surface area contributed by atoms with Gasteiger partial charge in [0.2, 0.25) is 6.41 Å². The van der Waals surface area contributed by atoms with E-state index in [1.807, 2.05) is 0 Å². The molecule has 0 saturated heterocycles. The largest absolute Gasteiger partial charge is 0.399 e. The van der Waals surface area contributed by atoms with Crippen molar-refractivity contribution in [1.82, 2.24) is 4.90 Å². The number of amides is 1. The number of rotatable bonds is 5. The van der Waals surface area contributed by atoms with Crippen molar-refractivity contribution in [3.8, 4) is 0 Å². The summed E-state index contributed by atoms with van der Waals surface area (Å²) in [6, 6.07) is 0. The second-order valence-electron chi connectivity index (χ2n) is 2.29. The molecule has 0 aromatic carbocycles. The summed E-state index contributed by atoms with van der Waals surface area (Å²) in [4.78, 5) is 10.9. The number of nitrogens with zero attached hydrogens (tertiary/aromatic N) is 1. The normalized spacial score (nSPS) is 10.0. The van der Waals surface area contributed by atoms with Crippen molar-refractivity contribution in [2.24, 2.45) is 0 Å². The summed E-state index contributed by atoms with van der Waals surface area (Å²) in [6.45, 7) is 3.39. The molecule has 0 radical (unpaired) electrons. The summed E-state index contributed by atoms with van der Waals surface area (Å²) < 4.78 is 29.2. The number of hydrogen-bond acceptors (Lipinski definition) is 5. The molecule has 86 valence electrons. The van der Waals surface area contributed by atoms with E-state index >= 15 is 0 Å². The van der Waals surface area contributed by atoms with E-state index in [2.05, 4.69) is 8.37 Å². The lowest BCUT2D eigenvalue weighted by Crippen LogP contribution is -2.09. The van der Waals surface area contributed by atoms with Gasteiger partial charge in [0.25, 0.3) is 0 Å². The Balaban J connectivity index is 0. The molecule has 0 N–H and O–H groups in total. The molecular formula is C7H17NO5S. The predicted molar refractivity (Wildman–Crippen MR) is 51.9 cm³/mol. The lowest BCUT2D eigenvalue weighted by atomic mass is 10.9. The number of carbonyl (C=O) groups is 1. The van der Waals surface area contributed by atoms with E-state index in [0.717, 1.165) is 6.41 Å². The first-order valence-electron chi connectivity index (χ1n) is 4.05. The molecule has 0 fully saturated rings. The first-order chi connectivity index (χ1) is 6.39. The highest BCUT2D eigenvalue weighted by Crippen LogP contribution is 1.93. The zero-order chi connectivity index (χ0) is 11.6. The van der Waals surface area contributed by atoms with Gasteiger partial charge in [-0.3, -0.25) is 4.79 Å². The van der Waals surface area contributed by atoms with Gasteiger partial charge in [-0.1, -0.05) is 0 Å². The van der Waals surface area contributed by atoms with Crippen molar-refractivity contribution in [2.75, 3.05) is 27.3 Å². The Morgan fingerprint density at radius 3 is 1.57 bits per heavy atom. The first kappa shape index (κ1) is 15.8. The summed E-state index contributed by atoms with van der Waals surface area (Å²) in [5.41, 5.74) is 0. The topological polar surface area (TPSA) is 72.9 Å². The average molecular weight is 227 g/mol. The van der Waals surface area contributed by atoms with Crippen LogP contribution in [0, 0.1) is 0 Å². The minimum absolute atomic E-state index is 0.113. The smallest absolute Gasteiger partial charge is 0.351 e. The lowest BCUT2D eigenvalue weighted by Gasteiger charge is -1.99. The maximum absolute atomic E-state index is 10.4. The van der Waals surface area contributed by atoms with Gasteiger partial charge in [0.15, 0.2) is 0 Å². The molecule has 1 amide bonds. The standard InChI is InChI=1S/C4H10O4S.C3H7NO/c1-3-7-9(5,6)8-4-2;1-4(2)3-5/h3-4H2,1-2H3;3H,1-2H3. The molecule has 14 heavy (non-hydrogen) atoms. The zero-order valence-electron chi connectivity index (χ0n) is 8.89. The van der Waals surface area contributed by atoms with Crippen molar-refractivity contribution >= 4 is 16.8 Å². The average Bonchev–Trinajstić information content (AvgIpc) is 2.05. The van der Waals surface area contributed by atoms with Crippen LogP contribution in [0.5, 0.6) is 0 Å². The van der Waals surface area contributed by atoms with E-state index < -0.39 is 10.4 Å². The van der Waals surface area contributed by atoms with Crippen molar-refractivity contribution in [3.63, 3.8) is 0 Å². The molecule has 0 spiro atoms. The van der Waals surface area contributed by atoms with Crippen LogP contribution < -0.4 is 0 Å². The van der Waals surface area contributed by atoms with Crippen molar-refractivity contribution in [1.29, 1.82) is 0 Å². The van der Waals surface area contributed by atoms with Gasteiger partial charge in [-0.2, -0.15) is 8.42 Å². The Morgan fingerprint density at radius 1 is 1.14 bits per heavy atom. The Kier molecular flexibility index (Phi) is 10.1. The molecule has 0 heterocycles. The van der Waals surface area contributed by atoms with E-state index in [4.69, 9.17) is 0 Å². The maximum atomic E-state index is 10.4. The van der Waals surface area contributed by atoms with E-state index in [-0.39, 0.29) is 13.2 Å². The van der Waals surface area contributed by atoms with Crippen LogP contribution in [0.1, 0.15) is 13.8 Å². The number of hydrogen-bond donors (Lipinski definition) is 0. The fourth-order valence-corrected chi connectivity index (χ4v) is 0.968. The van der Waals surface area contributed by atoms with Crippen LogP contribution in [0.3, 0.4) is 0 Å². The minimum atomic E-state index is -3.68. The Labute approximate surface area is 85.1 Å². The van der Waals surface area contributed by atoms with Gasteiger partial charge in [0, 0.05) is 14.1 Å². The van der Waals surface area contributed by atoms with Crippen LogP contribution >= 0.6 is 0 Å². The second-order valence-corrected chi connectivity index (χ2v) is 3.58. The third-order valence-electron chi connectivity index (χ3n) is 0.735. The van der Waals surface area contributed by atoms with E-state index in [9.17, 15) is 13.2 Å². The second kappa shape index (κ2) is 8.92. The molecule has 0 bridgehead atoms. The van der Waals surface area contributed by atoms with E-state index in [1.54, 1.807) is 27.9 Å². The van der Waals surface area contributed by atoms with Gasteiger partial charge in [-0.25, -0.2) is 8.37 Å². The predicted octanol–water partition coefficient (Wildman–Crippen LogP) is 0.00860. The van der Waals surface area contributed by atoms with Crippen LogP contribution in [0.25, 0.3) is 0 Å². The van der Waals surface area contributed by atoms with E-state index in [0.29, 0.717) is 0 Å². The van der Waals surface area contributed by atoms with Gasteiger partial charge < -0.3 is 4.90 Å². The highest BCUT2D eigenvalue weighted by molar-refractivity contribution is 7.81. The molecule has 0 unspecified atom stereocenters. The van der Waals surface area contributed by atoms with Crippen molar-refractivity contribution < 1.29 is 21.6 Å². The van der Waals surface area contributed by atoms with Crippen LogP contribution in [0.15, 0.2) is 0 Å². The minimum Gasteiger partial charge on any atom is -0.351 e. The maximum Gasteiger partial charge on any atom is 0.399 e. The van der Waals surface area contributed by atoms with Gasteiger partial charge in [-0.05, 0) is 13.8 Å². The summed E-state index contributed by atoms with van der Waals surface area (Å²) >= 11 is 0. The Bertz CT molecular complexity index is 212. The molecule has 7 heteroatoms. The molecule has 6 nitrogen and oxygen atoms in total. The summed E-state index contributed by atoms with van der Waals surface area (Å²) in [5.74, 6) is 0. The van der Waals surface area contributed by atoms with Gasteiger partial charge in [0.1, 0.15) is 0 Å². The van der Waals surface area contributed by atoms with Crippen LogP contribution in [0.4, 0.5) is 0 Å². The first-order valence-corrected chi connectivity index (χ1v) is 5.38. The summed E-state index contributed by atoms with van der Waals surface area (Å²) in [6.07, 6.45) is 0.750. The monoisotopic (exact) mass is 227 g/mol. The fourth-order valence-electron chi connectivity index (χ4n) is 0.323. The molecular weight excluding hydrogens is 210 g/mol. The van der Waals surface area contributed by atoms with Crippen LogP contribution in [-0.4, -0.2) is 47.0 Å². The highest BCUT2D eigenvalue weighted by atomic mass is 32.3. The molecule has 0 saturated carbocycles. The SMILES string of the molecule is CCOS(=O)(=O)OCC.CN(C)C=O. The molecule has 0 aliphatic rings. The third-order valence-corrected chi connectivity index (χ3v) is 1.78. The van der Waals surface area contributed by atoms with Gasteiger partial charge >= 0.3 is 10.4 Å². The number of carbonyl (C=O) groups excluding carboxylic acids is 1. The zero-order valence-corrected chi connectivity index (χ0v) is 9.70. The lowest BCUT2D eigenvalue weighted by molar-refractivity contribution is -0.115. The third kappa shape index (κ3) is 13.9. The van der Waals surface area contributed by atoms with Gasteiger partial charge in [-0.15, -0.1) is 0 Å². The Morgan fingerprint density at radius 2 is 1.43 bits per heavy atom. The molecule has 0 aliphatic carbocycles. The molecule has 0 aromatic rings. The summed E-state index contributed by atoms with van der Waals surface area (Å²) in [5, 5.41) is 0. The van der Waals surface area contributed by atoms with E-state index in [1.165, 1.54) is 4.90 Å². The van der Waals surface area contributed by atoms with Gasteiger partial charge in [0.05, 0.1) is 13.2 Å². The highest BCUT2D eigenvalue weighted by Gasteiger charge is 2.06. The van der Waals surface area contributed by atoms with Crippen LogP contribution in [0.2, 0.25) is 0 Å². The molecule has 0 aliphatic heterocycles. The summed E-state index contributed by atoms with van der Waals surface area (Å²) in [7, 11) is -0.307. The fraction of sp³-hybridized carbons (Fsp3) is 0.857. The Hall–Kier alpha value is -0.660. The molecule has 0 rings (SSSR count). The molecule has 0 aromatic heterocycles. The van der Waals surface area contributed by atoms with Crippen molar-refractivity contribution in [3.05, 3.63) is 0 Å².